The predicted molar refractivity (Wildman–Crippen MR) is 18.2 cm³/mol. The van der Waals surface area contributed by atoms with Crippen molar-refractivity contribution in [1.29, 1.82) is 0 Å². The van der Waals surface area contributed by atoms with Gasteiger partial charge < -0.3 is 0 Å². The molecule has 0 rings (SSSR count). The SMILES string of the molecule is P.[Al].[O]=[Mo](=[O])([O-])[O-].[Zn+2]. The summed E-state index contributed by atoms with van der Waals surface area (Å²) in [4.78, 5) is 0. The van der Waals surface area contributed by atoms with E-state index in [0.717, 1.165) is 0 Å². The summed E-state index contributed by atoms with van der Waals surface area (Å²) in [6, 6.07) is 0. The average molecular weight is 286 g/mol. The first-order valence-electron chi connectivity index (χ1n) is 0.667. The number of rotatable bonds is 0. The van der Waals surface area contributed by atoms with Gasteiger partial charge in [0.05, 0.1) is 0 Å². The molecule has 43 valence electrons. The zero-order valence-corrected chi connectivity index (χ0v) is 11.6. The van der Waals surface area contributed by atoms with Crippen molar-refractivity contribution in [2.24, 2.45) is 0 Å². The Morgan fingerprint density at radius 2 is 1.12 bits per heavy atom. The molecular formula is H3AlMoO4PZn. The largest absolute Gasteiger partial charge is 2.00 e. The fourth-order valence-electron chi connectivity index (χ4n) is 0. The molecule has 0 saturated heterocycles. The van der Waals surface area contributed by atoms with Crippen LogP contribution in [0.15, 0.2) is 0 Å². The molecule has 0 N–H and O–H groups in total. The molecule has 4 nitrogen and oxygen atoms in total. The van der Waals surface area contributed by atoms with Crippen molar-refractivity contribution in [3.63, 3.8) is 0 Å². The van der Waals surface area contributed by atoms with Gasteiger partial charge in [0.1, 0.15) is 0 Å². The molecule has 0 aliphatic rings. The van der Waals surface area contributed by atoms with E-state index >= 15 is 0 Å². The van der Waals surface area contributed by atoms with Crippen molar-refractivity contribution in [2.45, 2.75) is 0 Å². The van der Waals surface area contributed by atoms with E-state index in [1.54, 1.807) is 0 Å². The third-order valence-corrected chi connectivity index (χ3v) is 0. The third kappa shape index (κ3) is 112. The van der Waals surface area contributed by atoms with Crippen LogP contribution < -0.4 is 7.52 Å². The number of hydrogen-bond donors (Lipinski definition) is 0. The van der Waals surface area contributed by atoms with Gasteiger partial charge in [-0.25, -0.2) is 0 Å². The van der Waals surface area contributed by atoms with E-state index in [-0.39, 0.29) is 46.7 Å². The van der Waals surface area contributed by atoms with E-state index in [9.17, 15) is 0 Å². The molecule has 0 spiro atoms. The molecule has 0 fully saturated rings. The third-order valence-electron chi connectivity index (χ3n) is 0. The van der Waals surface area contributed by atoms with Gasteiger partial charge in [-0.2, -0.15) is 9.90 Å². The first kappa shape index (κ1) is 22.6. The molecule has 8 heteroatoms. The van der Waals surface area contributed by atoms with Crippen LogP contribution in [0.1, 0.15) is 0 Å². The molecule has 0 heterocycles. The maximum atomic E-state index is 8.63. The average Bonchev–Trinajstić information content (AvgIpc) is 0.722. The minimum atomic E-state index is -6.02. The van der Waals surface area contributed by atoms with Crippen molar-refractivity contribution in [3.05, 3.63) is 0 Å². The van der Waals surface area contributed by atoms with E-state index in [1.165, 1.54) is 0 Å². The summed E-state index contributed by atoms with van der Waals surface area (Å²) in [5, 5.41) is 0. The van der Waals surface area contributed by atoms with Crippen molar-refractivity contribution in [1.82, 2.24) is 0 Å². The first-order chi connectivity index (χ1) is 2.00. The minimum absolute atomic E-state index is 0. The molecule has 0 aromatic heterocycles. The van der Waals surface area contributed by atoms with Crippen LogP contribution in [0.4, 0.5) is 0 Å². The molecule has 8 heavy (non-hydrogen) atoms. The quantitative estimate of drug-likeness (QED) is 0.352. The Bertz CT molecular complexity index is 99.2. The summed E-state index contributed by atoms with van der Waals surface area (Å²) < 4.78 is 34.5. The molecule has 0 saturated carbocycles. The van der Waals surface area contributed by atoms with Crippen molar-refractivity contribution in [2.75, 3.05) is 0 Å². The van der Waals surface area contributed by atoms with Crippen LogP contribution in [-0.4, -0.2) is 17.4 Å². The fourth-order valence-corrected chi connectivity index (χ4v) is 0. The van der Waals surface area contributed by atoms with Crippen LogP contribution in [-0.2, 0) is 43.0 Å². The van der Waals surface area contributed by atoms with Crippen LogP contribution >= 0.6 is 9.90 Å². The van der Waals surface area contributed by atoms with Crippen molar-refractivity contribution >= 4 is 27.3 Å². The van der Waals surface area contributed by atoms with Gasteiger partial charge >= 0.3 is 50.5 Å². The smallest absolute Gasteiger partial charge is 2.00 e. The van der Waals surface area contributed by atoms with Gasteiger partial charge in [-0.05, 0) is 0 Å². The predicted octanol–water partition coefficient (Wildman–Crippen LogP) is -2.94. The second-order valence-corrected chi connectivity index (χ2v) is 2.42. The van der Waals surface area contributed by atoms with E-state index in [2.05, 4.69) is 0 Å². The second-order valence-electron chi connectivity index (χ2n) is 0.408. The van der Waals surface area contributed by atoms with Gasteiger partial charge in [0.25, 0.3) is 0 Å². The van der Waals surface area contributed by atoms with Crippen LogP contribution in [0.25, 0.3) is 0 Å². The Balaban J connectivity index is -0.0000000267. The van der Waals surface area contributed by atoms with Gasteiger partial charge in [0, 0.05) is 17.4 Å². The first-order valence-corrected chi connectivity index (χ1v) is 3.94. The van der Waals surface area contributed by atoms with Crippen molar-refractivity contribution in [3.8, 4) is 0 Å². The molecule has 0 aromatic carbocycles. The zero-order valence-electron chi connectivity index (χ0n) is 4.03. The van der Waals surface area contributed by atoms with Gasteiger partial charge in [0.2, 0.25) is 0 Å². The standard InChI is InChI=1S/Al.Mo.4O.H3P.Zn/h;;;;;;1H3;/q;;;;2*-1;;+2. The summed E-state index contributed by atoms with van der Waals surface area (Å²) in [6.45, 7) is 0. The van der Waals surface area contributed by atoms with E-state index < -0.39 is 16.7 Å². The number of hydrogen-bond acceptors (Lipinski definition) is 4. The van der Waals surface area contributed by atoms with Crippen LogP contribution in [0.3, 0.4) is 0 Å². The Morgan fingerprint density at radius 3 is 1.12 bits per heavy atom. The molecule has 0 aliphatic heterocycles. The van der Waals surface area contributed by atoms with Gasteiger partial charge in [-0.3, -0.25) is 0 Å². The maximum Gasteiger partial charge on any atom is 2.00 e. The minimum Gasteiger partial charge on any atom is 2.00 e. The molecular weight excluding hydrogens is 283 g/mol. The Kier molecular flexibility index (Phi) is 24.8. The monoisotopic (exact) mass is 287 g/mol. The summed E-state index contributed by atoms with van der Waals surface area (Å²) >= 11 is -6.02. The summed E-state index contributed by atoms with van der Waals surface area (Å²) in [5.41, 5.74) is 0. The normalized spacial score (nSPS) is 7.25. The summed E-state index contributed by atoms with van der Waals surface area (Å²) in [7, 11) is 0. The van der Waals surface area contributed by atoms with Crippen LogP contribution in [0.2, 0.25) is 0 Å². The van der Waals surface area contributed by atoms with E-state index in [4.69, 9.17) is 14.3 Å². The molecule has 0 amide bonds. The fraction of sp³-hybridized carbons (Fsp3) is 0. The molecule has 0 aliphatic carbocycles. The molecule has 0 bridgehead atoms. The van der Waals surface area contributed by atoms with Crippen molar-refractivity contribution < 1.29 is 50.5 Å². The van der Waals surface area contributed by atoms with E-state index in [1.807, 2.05) is 0 Å². The maximum absolute atomic E-state index is 8.63. The topological polar surface area (TPSA) is 80.3 Å². The molecule has 3 radical (unpaired) electrons. The van der Waals surface area contributed by atoms with Gasteiger partial charge in [0.15, 0.2) is 0 Å². The Hall–Kier alpha value is 1.79. The Labute approximate surface area is 77.3 Å². The van der Waals surface area contributed by atoms with E-state index in [0.29, 0.717) is 0 Å². The second kappa shape index (κ2) is 8.79. The van der Waals surface area contributed by atoms with Gasteiger partial charge in [-0.1, -0.05) is 0 Å². The molecule has 1 unspecified atom stereocenters. The molecule has 0 aromatic rings. The summed E-state index contributed by atoms with van der Waals surface area (Å²) in [5.74, 6) is 0. The van der Waals surface area contributed by atoms with Crippen LogP contribution in [0, 0.1) is 0 Å². The Morgan fingerprint density at radius 1 is 1.12 bits per heavy atom. The molecule has 1 atom stereocenters. The van der Waals surface area contributed by atoms with Gasteiger partial charge in [-0.15, -0.1) is 0 Å². The summed E-state index contributed by atoms with van der Waals surface area (Å²) in [6.07, 6.45) is 0. The zero-order chi connectivity index (χ0) is 4.50. The van der Waals surface area contributed by atoms with Crippen LogP contribution in [0.5, 0.6) is 0 Å².